The minimum Gasteiger partial charge on any atom is -0.496 e. The molecule has 6 nitrogen and oxygen atoms in total. The highest BCUT2D eigenvalue weighted by Crippen LogP contribution is 2.43. The van der Waals surface area contributed by atoms with E-state index in [1.54, 1.807) is 6.07 Å². The molecule has 0 aliphatic carbocycles. The van der Waals surface area contributed by atoms with Gasteiger partial charge in [0.2, 0.25) is 0 Å². The van der Waals surface area contributed by atoms with E-state index in [0.29, 0.717) is 32.9 Å². The lowest BCUT2D eigenvalue weighted by molar-refractivity contribution is -0.144. The fourth-order valence-electron chi connectivity index (χ4n) is 3.10. The summed E-state index contributed by atoms with van der Waals surface area (Å²) in [5.41, 5.74) is -3.36. The maximum absolute atomic E-state index is 13.0. The first-order valence-corrected chi connectivity index (χ1v) is 7.76. The van der Waals surface area contributed by atoms with E-state index in [4.69, 9.17) is 9.47 Å². The lowest BCUT2D eigenvalue weighted by Gasteiger charge is -2.19. The summed E-state index contributed by atoms with van der Waals surface area (Å²) in [6.07, 6.45) is -4.35. The zero-order valence-corrected chi connectivity index (χ0v) is 14.6. The number of rotatable bonds is 2. The molecule has 2 aromatic rings. The van der Waals surface area contributed by atoms with Crippen molar-refractivity contribution in [2.75, 3.05) is 7.11 Å². The van der Waals surface area contributed by atoms with Crippen LogP contribution in [0.3, 0.4) is 0 Å². The van der Waals surface area contributed by atoms with E-state index in [1.807, 2.05) is 13.8 Å². The van der Waals surface area contributed by atoms with Gasteiger partial charge in [0.25, 0.3) is 5.56 Å². The van der Waals surface area contributed by atoms with Crippen LogP contribution in [0.4, 0.5) is 13.2 Å². The predicted octanol–water partition coefficient (Wildman–Crippen LogP) is 2.28. The third-order valence-corrected chi connectivity index (χ3v) is 4.25. The maximum atomic E-state index is 13.0. The number of ether oxygens (including phenoxy) is 2. The molecule has 0 bridgehead atoms. The van der Waals surface area contributed by atoms with E-state index in [-0.39, 0.29) is 11.4 Å². The van der Waals surface area contributed by atoms with Crippen LogP contribution in [0, 0.1) is 0 Å². The molecule has 140 valence electrons. The van der Waals surface area contributed by atoms with Gasteiger partial charge in [-0.25, -0.2) is 9.36 Å². The number of halogens is 3. The standard InChI is InChI=1S/C17H17F3N2O4/c1-16(2)8-9-11(25-4)6-5-10(14(9)26-16)22-13(23)7-12(17(18,19)20)21(3)15(22)24/h5-7H,8H2,1-4H3. The Morgan fingerprint density at radius 1 is 1.23 bits per heavy atom. The third kappa shape index (κ3) is 2.77. The van der Waals surface area contributed by atoms with Gasteiger partial charge < -0.3 is 9.47 Å². The Morgan fingerprint density at radius 2 is 1.88 bits per heavy atom. The highest BCUT2D eigenvalue weighted by Gasteiger charge is 2.37. The number of fused-ring (bicyclic) bond motifs is 1. The van der Waals surface area contributed by atoms with Gasteiger partial charge in [-0.15, -0.1) is 0 Å². The van der Waals surface area contributed by atoms with Gasteiger partial charge in [0, 0.05) is 25.1 Å². The topological polar surface area (TPSA) is 62.5 Å². The molecular formula is C17H17F3N2O4. The fourth-order valence-corrected chi connectivity index (χ4v) is 3.10. The van der Waals surface area contributed by atoms with Crippen LogP contribution in [0.15, 0.2) is 27.8 Å². The summed E-state index contributed by atoms with van der Waals surface area (Å²) in [5, 5.41) is 0. The smallest absolute Gasteiger partial charge is 0.431 e. The van der Waals surface area contributed by atoms with Crippen LogP contribution < -0.4 is 20.7 Å². The largest absolute Gasteiger partial charge is 0.496 e. The Bertz CT molecular complexity index is 1000. The van der Waals surface area contributed by atoms with Crippen LogP contribution in [0.5, 0.6) is 11.5 Å². The van der Waals surface area contributed by atoms with Crippen LogP contribution in [0.2, 0.25) is 0 Å². The average molecular weight is 370 g/mol. The summed E-state index contributed by atoms with van der Waals surface area (Å²) < 4.78 is 51.3. The minimum atomic E-state index is -4.81. The predicted molar refractivity (Wildman–Crippen MR) is 87.2 cm³/mol. The molecule has 0 spiro atoms. The first kappa shape index (κ1) is 18.1. The molecule has 2 heterocycles. The van der Waals surface area contributed by atoms with Crippen molar-refractivity contribution in [2.45, 2.75) is 32.0 Å². The van der Waals surface area contributed by atoms with E-state index >= 15 is 0 Å². The summed E-state index contributed by atoms with van der Waals surface area (Å²) in [4.78, 5) is 24.9. The second kappa shape index (κ2) is 5.65. The lowest BCUT2D eigenvalue weighted by atomic mass is 10.0. The van der Waals surface area contributed by atoms with E-state index < -0.39 is 28.7 Å². The molecule has 1 aliphatic rings. The van der Waals surface area contributed by atoms with Crippen molar-refractivity contribution in [1.82, 2.24) is 9.13 Å². The second-order valence-electron chi connectivity index (χ2n) is 6.68. The molecule has 0 fully saturated rings. The van der Waals surface area contributed by atoms with Gasteiger partial charge in [-0.2, -0.15) is 13.2 Å². The van der Waals surface area contributed by atoms with Gasteiger partial charge in [0.1, 0.15) is 17.0 Å². The minimum absolute atomic E-state index is 0.0886. The van der Waals surface area contributed by atoms with Crippen molar-refractivity contribution in [2.24, 2.45) is 7.05 Å². The monoisotopic (exact) mass is 370 g/mol. The summed E-state index contributed by atoms with van der Waals surface area (Å²) >= 11 is 0. The summed E-state index contributed by atoms with van der Waals surface area (Å²) in [5.74, 6) is 0.777. The first-order chi connectivity index (χ1) is 12.0. The Hall–Kier alpha value is -2.71. The molecule has 0 saturated carbocycles. The number of hydrogen-bond donors (Lipinski definition) is 0. The van der Waals surface area contributed by atoms with Gasteiger partial charge in [-0.05, 0) is 26.0 Å². The summed E-state index contributed by atoms with van der Waals surface area (Å²) in [6.45, 7) is 3.65. The molecule has 0 N–H and O–H groups in total. The molecule has 0 radical (unpaired) electrons. The highest BCUT2D eigenvalue weighted by atomic mass is 19.4. The van der Waals surface area contributed by atoms with Crippen LogP contribution in [-0.2, 0) is 19.6 Å². The number of benzene rings is 1. The van der Waals surface area contributed by atoms with Gasteiger partial charge in [-0.1, -0.05) is 0 Å². The average Bonchev–Trinajstić information content (AvgIpc) is 2.85. The molecule has 1 aromatic carbocycles. The number of nitrogens with zero attached hydrogens (tertiary/aromatic N) is 2. The normalized spacial score (nSPS) is 15.5. The van der Waals surface area contributed by atoms with Crippen LogP contribution in [0.25, 0.3) is 5.69 Å². The summed E-state index contributed by atoms with van der Waals surface area (Å²) in [7, 11) is 2.44. The molecule has 3 rings (SSSR count). The van der Waals surface area contributed by atoms with E-state index in [9.17, 15) is 22.8 Å². The van der Waals surface area contributed by atoms with Crippen LogP contribution >= 0.6 is 0 Å². The van der Waals surface area contributed by atoms with E-state index in [2.05, 4.69) is 0 Å². The third-order valence-electron chi connectivity index (χ3n) is 4.25. The van der Waals surface area contributed by atoms with Crippen molar-refractivity contribution in [3.8, 4) is 17.2 Å². The zero-order chi connectivity index (χ0) is 19.4. The van der Waals surface area contributed by atoms with Crippen molar-refractivity contribution in [3.05, 3.63) is 50.3 Å². The van der Waals surface area contributed by atoms with Crippen molar-refractivity contribution in [1.29, 1.82) is 0 Å². The molecule has 0 saturated heterocycles. The van der Waals surface area contributed by atoms with Gasteiger partial charge >= 0.3 is 11.9 Å². The van der Waals surface area contributed by atoms with Gasteiger partial charge in [-0.3, -0.25) is 9.36 Å². The Morgan fingerprint density at radius 3 is 2.46 bits per heavy atom. The molecule has 1 aliphatic heterocycles. The van der Waals surface area contributed by atoms with Crippen molar-refractivity contribution >= 4 is 0 Å². The zero-order valence-electron chi connectivity index (χ0n) is 14.6. The maximum Gasteiger partial charge on any atom is 0.431 e. The van der Waals surface area contributed by atoms with Crippen molar-refractivity contribution in [3.63, 3.8) is 0 Å². The van der Waals surface area contributed by atoms with Gasteiger partial charge in [0.15, 0.2) is 5.75 Å². The second-order valence-corrected chi connectivity index (χ2v) is 6.68. The molecular weight excluding hydrogens is 353 g/mol. The number of alkyl halides is 3. The van der Waals surface area contributed by atoms with Crippen LogP contribution in [0.1, 0.15) is 25.1 Å². The number of hydrogen-bond acceptors (Lipinski definition) is 4. The highest BCUT2D eigenvalue weighted by molar-refractivity contribution is 5.60. The first-order valence-electron chi connectivity index (χ1n) is 7.76. The quantitative estimate of drug-likeness (QED) is 0.814. The number of methoxy groups -OCH3 is 1. The SMILES string of the molecule is COc1ccc(-n2c(=O)cc(C(F)(F)F)n(C)c2=O)c2c1CC(C)(C)O2. The van der Waals surface area contributed by atoms with E-state index in [0.717, 1.165) is 7.05 Å². The fraction of sp³-hybridized carbons (Fsp3) is 0.412. The Balaban J connectivity index is 2.31. The van der Waals surface area contributed by atoms with Crippen molar-refractivity contribution < 1.29 is 22.6 Å². The molecule has 9 heteroatoms. The molecule has 0 unspecified atom stereocenters. The molecule has 0 atom stereocenters. The van der Waals surface area contributed by atoms with E-state index in [1.165, 1.54) is 13.2 Å². The van der Waals surface area contributed by atoms with Crippen LogP contribution in [-0.4, -0.2) is 21.8 Å². The lowest BCUT2D eigenvalue weighted by Crippen LogP contribution is -2.40. The molecule has 1 aromatic heterocycles. The Kier molecular flexibility index (Phi) is 3.93. The summed E-state index contributed by atoms with van der Waals surface area (Å²) in [6, 6.07) is 3.38. The molecule has 26 heavy (non-hydrogen) atoms. The van der Waals surface area contributed by atoms with Gasteiger partial charge in [0.05, 0.1) is 12.8 Å². The number of aromatic nitrogens is 2. The Labute approximate surface area is 146 Å². The molecule has 0 amide bonds.